The summed E-state index contributed by atoms with van der Waals surface area (Å²) in [6.07, 6.45) is 0.989. The molecule has 2 rings (SSSR count). The van der Waals surface area contributed by atoms with Gasteiger partial charge in [0.1, 0.15) is 5.82 Å². The number of benzene rings is 1. The molecule has 0 heterocycles. The summed E-state index contributed by atoms with van der Waals surface area (Å²) in [6, 6.07) is 5.45. The van der Waals surface area contributed by atoms with Crippen molar-refractivity contribution in [2.24, 2.45) is 5.92 Å². The van der Waals surface area contributed by atoms with E-state index < -0.39 is 29.4 Å². The van der Waals surface area contributed by atoms with E-state index in [4.69, 9.17) is 4.74 Å². The van der Waals surface area contributed by atoms with Crippen LogP contribution < -0.4 is 34.7 Å². The Morgan fingerprint density at radius 1 is 1.38 bits per heavy atom. The Morgan fingerprint density at radius 2 is 2.00 bits per heavy atom. The largest absolute Gasteiger partial charge is 1.00 e. The smallest absolute Gasteiger partial charge is 0.875 e. The first-order valence-electron chi connectivity index (χ1n) is 6.36. The number of carbonyl (C=O) groups excluding carboxylic acids is 2. The number of esters is 1. The maximum Gasteiger partial charge on any atom is 1.00 e. The number of allylic oxidation sites excluding steroid dienone is 1. The van der Waals surface area contributed by atoms with Crippen molar-refractivity contribution in [3.05, 3.63) is 47.5 Å². The van der Waals surface area contributed by atoms with Crippen LogP contribution in [-0.2, 0) is 14.3 Å². The van der Waals surface area contributed by atoms with E-state index in [0.717, 1.165) is 6.08 Å². The Kier molecular flexibility index (Phi) is 6.58. The van der Waals surface area contributed by atoms with E-state index in [-0.39, 0.29) is 48.4 Å². The SMILES string of the molecule is CCOC(=O)C1C([O-])=CC(=O)CC1c1ccc(F)cc1.[Na+]. The molecule has 1 aliphatic carbocycles. The standard InChI is InChI=1S/C15H15FO4.Na/c1-2-20-15(19)14-12(7-11(17)8-13(14)18)9-3-5-10(16)6-4-9;/h3-6,8,12,14,18H,2,7H2,1H3;/q;+1/p-1. The van der Waals surface area contributed by atoms with Crippen LogP contribution >= 0.6 is 0 Å². The fraction of sp³-hybridized carbons (Fsp3) is 0.333. The molecule has 1 aliphatic rings. The molecule has 0 aliphatic heterocycles. The number of rotatable bonds is 3. The topological polar surface area (TPSA) is 66.4 Å². The van der Waals surface area contributed by atoms with Gasteiger partial charge in [0.25, 0.3) is 0 Å². The van der Waals surface area contributed by atoms with Crippen molar-refractivity contribution >= 4 is 11.8 Å². The van der Waals surface area contributed by atoms with E-state index >= 15 is 0 Å². The minimum absolute atomic E-state index is 0. The Bertz CT molecular complexity index is 553. The van der Waals surface area contributed by atoms with Gasteiger partial charge in [-0.25, -0.2) is 4.39 Å². The second-order valence-corrected chi connectivity index (χ2v) is 4.60. The van der Waals surface area contributed by atoms with E-state index in [9.17, 15) is 19.1 Å². The fourth-order valence-corrected chi connectivity index (χ4v) is 2.37. The molecule has 0 saturated heterocycles. The van der Waals surface area contributed by atoms with Gasteiger partial charge in [0.15, 0.2) is 5.78 Å². The van der Waals surface area contributed by atoms with Gasteiger partial charge in [-0.15, -0.1) is 5.76 Å². The van der Waals surface area contributed by atoms with E-state index in [1.54, 1.807) is 6.92 Å². The zero-order valence-corrected chi connectivity index (χ0v) is 14.0. The molecule has 0 bridgehead atoms. The molecule has 2 unspecified atom stereocenters. The molecule has 4 nitrogen and oxygen atoms in total. The molecule has 1 aromatic carbocycles. The van der Waals surface area contributed by atoms with Crippen molar-refractivity contribution in [2.75, 3.05) is 6.61 Å². The Hall–Kier alpha value is -1.17. The predicted octanol–water partition coefficient (Wildman–Crippen LogP) is -1.69. The van der Waals surface area contributed by atoms with Crippen LogP contribution in [0.5, 0.6) is 0 Å². The summed E-state index contributed by atoms with van der Waals surface area (Å²) in [5.74, 6) is -3.56. The van der Waals surface area contributed by atoms with Gasteiger partial charge < -0.3 is 9.84 Å². The molecule has 106 valence electrons. The van der Waals surface area contributed by atoms with Gasteiger partial charge in [-0.1, -0.05) is 12.1 Å². The molecular weight excluding hydrogens is 286 g/mol. The van der Waals surface area contributed by atoms with Gasteiger partial charge in [-0.3, -0.25) is 9.59 Å². The normalized spacial score (nSPS) is 21.2. The summed E-state index contributed by atoms with van der Waals surface area (Å²) in [6.45, 7) is 1.81. The van der Waals surface area contributed by atoms with Gasteiger partial charge in [-0.05, 0) is 30.7 Å². The first-order valence-corrected chi connectivity index (χ1v) is 6.36. The molecular formula is C15H14FNaO4. The molecule has 0 saturated carbocycles. The first-order chi connectivity index (χ1) is 9.52. The summed E-state index contributed by atoms with van der Waals surface area (Å²) < 4.78 is 17.8. The quantitative estimate of drug-likeness (QED) is 0.493. The van der Waals surface area contributed by atoms with E-state index in [2.05, 4.69) is 0 Å². The van der Waals surface area contributed by atoms with Crippen molar-refractivity contribution in [1.29, 1.82) is 0 Å². The maximum atomic E-state index is 13.0. The third-order valence-electron chi connectivity index (χ3n) is 3.27. The molecule has 0 N–H and O–H groups in total. The van der Waals surface area contributed by atoms with Crippen molar-refractivity contribution in [2.45, 2.75) is 19.3 Å². The first kappa shape index (κ1) is 17.9. The number of ketones is 1. The van der Waals surface area contributed by atoms with Crippen molar-refractivity contribution in [1.82, 2.24) is 0 Å². The molecule has 0 fully saturated rings. The molecule has 2 atom stereocenters. The summed E-state index contributed by atoms with van der Waals surface area (Å²) >= 11 is 0. The van der Waals surface area contributed by atoms with Crippen molar-refractivity contribution in [3.8, 4) is 0 Å². The minimum Gasteiger partial charge on any atom is -0.875 e. The van der Waals surface area contributed by atoms with Gasteiger partial charge in [0, 0.05) is 12.3 Å². The zero-order valence-electron chi connectivity index (χ0n) is 12.0. The third-order valence-corrected chi connectivity index (χ3v) is 3.27. The van der Waals surface area contributed by atoms with Crippen LogP contribution in [0.2, 0.25) is 0 Å². The second-order valence-electron chi connectivity index (χ2n) is 4.60. The molecule has 1 aromatic rings. The number of hydrogen-bond acceptors (Lipinski definition) is 4. The van der Waals surface area contributed by atoms with Crippen LogP contribution in [0.3, 0.4) is 0 Å². The van der Waals surface area contributed by atoms with Crippen LogP contribution in [0, 0.1) is 11.7 Å². The Morgan fingerprint density at radius 3 is 2.57 bits per heavy atom. The zero-order chi connectivity index (χ0) is 14.7. The van der Waals surface area contributed by atoms with Gasteiger partial charge >= 0.3 is 35.5 Å². The van der Waals surface area contributed by atoms with E-state index in [1.807, 2.05) is 0 Å². The number of halogens is 1. The molecule has 6 heteroatoms. The van der Waals surface area contributed by atoms with E-state index in [1.165, 1.54) is 24.3 Å². The maximum absolute atomic E-state index is 13.0. The average molecular weight is 300 g/mol. The number of hydrogen-bond donors (Lipinski definition) is 0. The van der Waals surface area contributed by atoms with Crippen molar-refractivity contribution in [3.63, 3.8) is 0 Å². The van der Waals surface area contributed by atoms with Gasteiger partial charge in [0.2, 0.25) is 0 Å². The Balaban J connectivity index is 0.00000220. The average Bonchev–Trinajstić information content (AvgIpc) is 2.38. The molecule has 0 radical (unpaired) electrons. The van der Waals surface area contributed by atoms with Gasteiger partial charge in [-0.2, -0.15) is 0 Å². The van der Waals surface area contributed by atoms with Crippen LogP contribution in [0.1, 0.15) is 24.8 Å². The van der Waals surface area contributed by atoms with Crippen LogP contribution in [0.25, 0.3) is 0 Å². The number of ether oxygens (including phenoxy) is 1. The molecule has 0 amide bonds. The molecule has 21 heavy (non-hydrogen) atoms. The molecule has 0 aromatic heterocycles. The predicted molar refractivity (Wildman–Crippen MR) is 67.0 cm³/mol. The fourth-order valence-electron chi connectivity index (χ4n) is 2.37. The van der Waals surface area contributed by atoms with Gasteiger partial charge in [0.05, 0.1) is 12.5 Å². The summed E-state index contributed by atoms with van der Waals surface area (Å²) in [4.78, 5) is 23.5. The molecule has 0 spiro atoms. The monoisotopic (exact) mass is 300 g/mol. The van der Waals surface area contributed by atoms with Crippen LogP contribution in [-0.4, -0.2) is 18.4 Å². The Labute approximate surface area is 144 Å². The summed E-state index contributed by atoms with van der Waals surface area (Å²) in [5, 5.41) is 11.9. The summed E-state index contributed by atoms with van der Waals surface area (Å²) in [7, 11) is 0. The minimum atomic E-state index is -1.03. The number of carbonyl (C=O) groups is 2. The van der Waals surface area contributed by atoms with Crippen molar-refractivity contribution < 1.29 is 53.4 Å². The second kappa shape index (κ2) is 7.73. The third kappa shape index (κ3) is 4.15. The van der Waals surface area contributed by atoms with E-state index in [0.29, 0.717) is 5.56 Å². The van der Waals surface area contributed by atoms with Crippen LogP contribution in [0.15, 0.2) is 36.1 Å². The summed E-state index contributed by atoms with van der Waals surface area (Å²) in [5.41, 5.74) is 0.583. The van der Waals surface area contributed by atoms with Crippen LogP contribution in [0.4, 0.5) is 4.39 Å².